The van der Waals surface area contributed by atoms with Crippen molar-refractivity contribution in [2.45, 2.75) is 37.6 Å². The van der Waals surface area contributed by atoms with Gasteiger partial charge >= 0.3 is 5.97 Å². The summed E-state index contributed by atoms with van der Waals surface area (Å²) < 4.78 is 39.6. The molecule has 1 fully saturated rings. The number of rotatable bonds is 6. The maximum atomic E-state index is 13.0. The first kappa shape index (κ1) is 20.3. The van der Waals surface area contributed by atoms with Gasteiger partial charge in [-0.25, -0.2) is 17.6 Å². The van der Waals surface area contributed by atoms with Crippen LogP contribution in [0, 0.1) is 17.7 Å². The van der Waals surface area contributed by atoms with Crippen LogP contribution in [0.25, 0.3) is 0 Å². The normalized spacial score (nSPS) is 19.9. The minimum absolute atomic E-state index is 0.0318. The van der Waals surface area contributed by atoms with Crippen molar-refractivity contribution in [3.8, 4) is 0 Å². The molecule has 1 aromatic rings. The van der Waals surface area contributed by atoms with Gasteiger partial charge in [0.2, 0.25) is 15.9 Å². The van der Waals surface area contributed by atoms with E-state index in [1.165, 1.54) is 16.4 Å². The van der Waals surface area contributed by atoms with E-state index in [1.807, 2.05) is 0 Å². The molecule has 1 aromatic carbocycles. The molecule has 9 heteroatoms. The Morgan fingerprint density at radius 1 is 1.27 bits per heavy atom. The Kier molecular flexibility index (Phi) is 6.35. The molecule has 7 nitrogen and oxygen atoms in total. The third-order valence-electron chi connectivity index (χ3n) is 4.44. The highest BCUT2D eigenvalue weighted by Crippen LogP contribution is 2.24. The average Bonchev–Trinajstić information content (AvgIpc) is 2.59. The lowest BCUT2D eigenvalue weighted by Gasteiger charge is -2.32. The molecule has 2 rings (SSSR count). The summed E-state index contributed by atoms with van der Waals surface area (Å²) in [6.45, 7) is 3.60. The molecule has 0 radical (unpaired) electrons. The number of nitrogens with one attached hydrogen (secondary N) is 1. The summed E-state index contributed by atoms with van der Waals surface area (Å²) in [4.78, 5) is 23.6. The standard InChI is InChI=1S/C17H23FN2O5S/c1-11(2)15(17(22)23)19-16(21)12-4-3-9-20(10-12)26(24,25)14-7-5-13(18)6-8-14/h5-8,11-12,15H,3-4,9-10H2,1-2H3,(H,19,21)(H,22,23)/t12?,15-/m0/s1. The zero-order valence-corrected chi connectivity index (χ0v) is 15.5. The van der Waals surface area contributed by atoms with E-state index in [9.17, 15) is 27.5 Å². The van der Waals surface area contributed by atoms with Gasteiger partial charge in [0.25, 0.3) is 0 Å². The zero-order chi connectivity index (χ0) is 19.5. The Balaban J connectivity index is 2.12. The molecule has 1 saturated heterocycles. The van der Waals surface area contributed by atoms with E-state index in [0.29, 0.717) is 12.8 Å². The Morgan fingerprint density at radius 3 is 2.42 bits per heavy atom. The smallest absolute Gasteiger partial charge is 0.326 e. The topological polar surface area (TPSA) is 104 Å². The number of hydrogen-bond acceptors (Lipinski definition) is 4. The van der Waals surface area contributed by atoms with E-state index in [0.717, 1.165) is 12.1 Å². The summed E-state index contributed by atoms with van der Waals surface area (Å²) in [7, 11) is -3.84. The van der Waals surface area contributed by atoms with Crippen LogP contribution in [0.4, 0.5) is 4.39 Å². The van der Waals surface area contributed by atoms with Crippen LogP contribution in [0.1, 0.15) is 26.7 Å². The highest BCUT2D eigenvalue weighted by Gasteiger charge is 2.35. The van der Waals surface area contributed by atoms with E-state index in [4.69, 9.17) is 0 Å². The van der Waals surface area contributed by atoms with Gasteiger partial charge in [-0.3, -0.25) is 4.79 Å². The van der Waals surface area contributed by atoms with Gasteiger partial charge in [-0.05, 0) is 43.0 Å². The van der Waals surface area contributed by atoms with Gasteiger partial charge in [-0.1, -0.05) is 13.8 Å². The molecule has 0 spiro atoms. The highest BCUT2D eigenvalue weighted by molar-refractivity contribution is 7.89. The van der Waals surface area contributed by atoms with Gasteiger partial charge < -0.3 is 10.4 Å². The van der Waals surface area contributed by atoms with Crippen LogP contribution in [0.2, 0.25) is 0 Å². The third kappa shape index (κ3) is 4.59. The van der Waals surface area contributed by atoms with Crippen LogP contribution in [0.15, 0.2) is 29.2 Å². The summed E-state index contributed by atoms with van der Waals surface area (Å²) in [6.07, 6.45) is 0.962. The predicted molar refractivity (Wildman–Crippen MR) is 92.3 cm³/mol. The SMILES string of the molecule is CC(C)[C@H](NC(=O)C1CCCN(S(=O)(=O)c2ccc(F)cc2)C1)C(=O)O. The zero-order valence-electron chi connectivity index (χ0n) is 14.7. The molecular weight excluding hydrogens is 363 g/mol. The number of carbonyl (C=O) groups is 2. The van der Waals surface area contributed by atoms with Crippen molar-refractivity contribution in [1.29, 1.82) is 0 Å². The molecule has 1 amide bonds. The van der Waals surface area contributed by atoms with Crippen LogP contribution in [0.3, 0.4) is 0 Å². The van der Waals surface area contributed by atoms with Crippen molar-refractivity contribution in [2.24, 2.45) is 11.8 Å². The Labute approximate surface area is 152 Å². The maximum absolute atomic E-state index is 13.0. The number of aliphatic carboxylic acids is 1. The average molecular weight is 386 g/mol. The van der Waals surface area contributed by atoms with Crippen LogP contribution in [-0.4, -0.2) is 48.8 Å². The molecule has 0 saturated carbocycles. The molecule has 2 N–H and O–H groups in total. The molecule has 1 unspecified atom stereocenters. The van der Waals surface area contributed by atoms with E-state index in [2.05, 4.69) is 5.32 Å². The molecular formula is C17H23FN2O5S. The van der Waals surface area contributed by atoms with Gasteiger partial charge in [-0.15, -0.1) is 0 Å². The largest absolute Gasteiger partial charge is 0.480 e. The number of nitrogens with zero attached hydrogens (tertiary/aromatic N) is 1. The second-order valence-corrected chi connectivity index (χ2v) is 8.66. The number of amides is 1. The van der Waals surface area contributed by atoms with Crippen molar-refractivity contribution in [3.05, 3.63) is 30.1 Å². The number of piperidine rings is 1. The summed E-state index contributed by atoms with van der Waals surface area (Å²) in [6, 6.07) is 3.50. The van der Waals surface area contributed by atoms with E-state index < -0.39 is 39.7 Å². The Hall–Kier alpha value is -2.00. The maximum Gasteiger partial charge on any atom is 0.326 e. The molecule has 0 bridgehead atoms. The number of sulfonamides is 1. The molecule has 0 aliphatic carbocycles. The van der Waals surface area contributed by atoms with E-state index in [-0.39, 0.29) is 23.9 Å². The Morgan fingerprint density at radius 2 is 1.88 bits per heavy atom. The second kappa shape index (κ2) is 8.13. The third-order valence-corrected chi connectivity index (χ3v) is 6.32. The fourth-order valence-corrected chi connectivity index (χ4v) is 4.44. The monoisotopic (exact) mass is 386 g/mol. The molecule has 2 atom stereocenters. The van der Waals surface area contributed by atoms with Crippen LogP contribution < -0.4 is 5.32 Å². The lowest BCUT2D eigenvalue weighted by Crippen LogP contribution is -2.50. The Bertz CT molecular complexity index is 764. The number of carboxylic acids is 1. The highest BCUT2D eigenvalue weighted by atomic mass is 32.2. The lowest BCUT2D eigenvalue weighted by molar-refractivity contribution is -0.144. The first-order valence-electron chi connectivity index (χ1n) is 8.42. The van der Waals surface area contributed by atoms with Crippen LogP contribution >= 0.6 is 0 Å². The van der Waals surface area contributed by atoms with E-state index >= 15 is 0 Å². The van der Waals surface area contributed by atoms with E-state index in [1.54, 1.807) is 13.8 Å². The van der Waals surface area contributed by atoms with Crippen molar-refractivity contribution in [3.63, 3.8) is 0 Å². The number of benzene rings is 1. The van der Waals surface area contributed by atoms with Gasteiger partial charge in [-0.2, -0.15) is 4.31 Å². The fraction of sp³-hybridized carbons (Fsp3) is 0.529. The molecule has 1 heterocycles. The fourth-order valence-electron chi connectivity index (χ4n) is 2.92. The number of halogens is 1. The molecule has 26 heavy (non-hydrogen) atoms. The van der Waals surface area contributed by atoms with Gasteiger partial charge in [0.1, 0.15) is 11.9 Å². The minimum Gasteiger partial charge on any atom is -0.480 e. The molecule has 144 valence electrons. The first-order valence-corrected chi connectivity index (χ1v) is 9.86. The summed E-state index contributed by atoms with van der Waals surface area (Å²) in [5, 5.41) is 11.7. The minimum atomic E-state index is -3.84. The predicted octanol–water partition coefficient (Wildman–Crippen LogP) is 1.45. The quantitative estimate of drug-likeness (QED) is 0.770. The van der Waals surface area contributed by atoms with Gasteiger partial charge in [0.05, 0.1) is 10.8 Å². The number of hydrogen-bond donors (Lipinski definition) is 2. The first-order chi connectivity index (χ1) is 12.1. The van der Waals surface area contributed by atoms with Crippen LogP contribution in [-0.2, 0) is 19.6 Å². The summed E-state index contributed by atoms with van der Waals surface area (Å²) >= 11 is 0. The molecule has 1 aliphatic heterocycles. The lowest BCUT2D eigenvalue weighted by atomic mass is 9.97. The number of carbonyl (C=O) groups excluding carboxylic acids is 1. The van der Waals surface area contributed by atoms with Crippen molar-refractivity contribution in [1.82, 2.24) is 9.62 Å². The summed E-state index contributed by atoms with van der Waals surface area (Å²) in [5.41, 5.74) is 0. The van der Waals surface area contributed by atoms with Crippen molar-refractivity contribution < 1.29 is 27.5 Å². The van der Waals surface area contributed by atoms with Crippen LogP contribution in [0.5, 0.6) is 0 Å². The summed E-state index contributed by atoms with van der Waals surface area (Å²) in [5.74, 6) is -3.04. The molecule has 0 aromatic heterocycles. The second-order valence-electron chi connectivity index (χ2n) is 6.72. The van der Waals surface area contributed by atoms with Gasteiger partial charge in [0.15, 0.2) is 0 Å². The van der Waals surface area contributed by atoms with Gasteiger partial charge in [0, 0.05) is 13.1 Å². The number of carboxylic acid groups (broad SMARTS) is 1. The van der Waals surface area contributed by atoms with Crippen molar-refractivity contribution in [2.75, 3.05) is 13.1 Å². The van der Waals surface area contributed by atoms with Crippen molar-refractivity contribution >= 4 is 21.9 Å². The molecule has 1 aliphatic rings.